The minimum absolute atomic E-state index is 0.0439. The summed E-state index contributed by atoms with van der Waals surface area (Å²) in [5.74, 6) is -0.207. The first-order valence-corrected chi connectivity index (χ1v) is 6.41. The number of nitrogens with one attached hydrogen (secondary N) is 2. The number of hydrogen-bond donors (Lipinski definition) is 2. The fourth-order valence-corrected chi connectivity index (χ4v) is 2.23. The Morgan fingerprint density at radius 1 is 1.50 bits per heavy atom. The highest BCUT2D eigenvalue weighted by Gasteiger charge is 2.15. The average Bonchev–Trinajstić information content (AvgIpc) is 3.02. The lowest BCUT2D eigenvalue weighted by atomic mass is 10.1. The number of H-pyrrole nitrogens is 1. The van der Waals surface area contributed by atoms with Crippen molar-refractivity contribution in [1.29, 1.82) is 0 Å². The number of rotatable bonds is 5. The smallest absolute Gasteiger partial charge is 0.269 e. The van der Waals surface area contributed by atoms with E-state index in [0.717, 1.165) is 4.88 Å². The Morgan fingerprint density at radius 3 is 2.94 bits per heavy atom. The van der Waals surface area contributed by atoms with Gasteiger partial charge in [-0.05, 0) is 24.4 Å². The Hall–Kier alpha value is -1.95. The summed E-state index contributed by atoms with van der Waals surface area (Å²) in [6.45, 7) is 1.81. The first-order valence-electron chi connectivity index (χ1n) is 5.54. The van der Waals surface area contributed by atoms with Crippen LogP contribution in [0.25, 0.3) is 0 Å². The van der Waals surface area contributed by atoms with Crippen molar-refractivity contribution >= 4 is 23.0 Å². The zero-order valence-corrected chi connectivity index (χ0v) is 10.7. The maximum absolute atomic E-state index is 11.8. The summed E-state index contributed by atoms with van der Waals surface area (Å²) in [7, 11) is 0. The molecular weight excluding hydrogens is 250 g/mol. The molecule has 0 spiro atoms. The van der Waals surface area contributed by atoms with Gasteiger partial charge in [-0.25, -0.2) is 0 Å². The Balaban J connectivity index is 1.87. The van der Waals surface area contributed by atoms with Crippen molar-refractivity contribution in [2.45, 2.75) is 19.4 Å². The number of aromatic nitrogens is 2. The SMILES string of the molecule is C[C@H](CC(=O)c1cccs1)NC(=O)c1ccn[nH]1. The number of carbonyl (C=O) groups excluding carboxylic acids is 2. The molecule has 2 aromatic heterocycles. The summed E-state index contributed by atoms with van der Waals surface area (Å²) < 4.78 is 0. The Kier molecular flexibility index (Phi) is 3.88. The average molecular weight is 263 g/mol. The van der Waals surface area contributed by atoms with Gasteiger partial charge in [0.25, 0.3) is 5.91 Å². The van der Waals surface area contributed by atoms with Gasteiger partial charge in [-0.2, -0.15) is 5.10 Å². The summed E-state index contributed by atoms with van der Waals surface area (Å²) in [5, 5.41) is 10.9. The van der Waals surface area contributed by atoms with E-state index in [4.69, 9.17) is 0 Å². The molecule has 0 saturated carbocycles. The molecule has 2 aromatic rings. The molecule has 0 aliphatic carbocycles. The predicted octanol–water partition coefficient (Wildman–Crippen LogP) is 1.86. The second-order valence-corrected chi connectivity index (χ2v) is 4.90. The first kappa shape index (κ1) is 12.5. The molecule has 1 amide bonds. The fraction of sp³-hybridized carbons (Fsp3) is 0.250. The molecule has 0 fully saturated rings. The number of nitrogens with zero attached hydrogens (tertiary/aromatic N) is 1. The Morgan fingerprint density at radius 2 is 2.33 bits per heavy atom. The Labute approximate surface area is 108 Å². The summed E-state index contributed by atoms with van der Waals surface area (Å²) in [4.78, 5) is 24.2. The largest absolute Gasteiger partial charge is 0.348 e. The van der Waals surface area contributed by atoms with Gasteiger partial charge >= 0.3 is 0 Å². The van der Waals surface area contributed by atoms with E-state index >= 15 is 0 Å². The number of amides is 1. The third kappa shape index (κ3) is 3.04. The molecule has 0 aliphatic heterocycles. The van der Waals surface area contributed by atoms with Crippen LogP contribution < -0.4 is 5.32 Å². The van der Waals surface area contributed by atoms with Crippen LogP contribution in [0.2, 0.25) is 0 Å². The zero-order chi connectivity index (χ0) is 13.0. The van der Waals surface area contributed by atoms with E-state index in [9.17, 15) is 9.59 Å². The van der Waals surface area contributed by atoms with Crippen LogP contribution in [0.1, 0.15) is 33.5 Å². The molecule has 94 valence electrons. The third-order valence-corrected chi connectivity index (χ3v) is 3.32. The molecule has 0 aliphatic rings. The van der Waals surface area contributed by atoms with Gasteiger partial charge in [0.15, 0.2) is 5.78 Å². The maximum atomic E-state index is 11.8. The predicted molar refractivity (Wildman–Crippen MR) is 68.8 cm³/mol. The normalized spacial score (nSPS) is 12.1. The summed E-state index contributed by atoms with van der Waals surface area (Å²) in [5.41, 5.74) is 0.394. The van der Waals surface area contributed by atoms with Gasteiger partial charge in [-0.3, -0.25) is 14.7 Å². The van der Waals surface area contributed by atoms with Gasteiger partial charge in [0.05, 0.1) is 4.88 Å². The molecular formula is C12H13N3O2S. The van der Waals surface area contributed by atoms with Crippen LogP contribution in [0.3, 0.4) is 0 Å². The van der Waals surface area contributed by atoms with Crippen LogP contribution in [-0.4, -0.2) is 27.9 Å². The van der Waals surface area contributed by atoms with E-state index in [0.29, 0.717) is 12.1 Å². The number of thiophene rings is 1. The van der Waals surface area contributed by atoms with E-state index < -0.39 is 0 Å². The van der Waals surface area contributed by atoms with Gasteiger partial charge in [0.2, 0.25) is 0 Å². The standard InChI is InChI=1S/C12H13N3O2S/c1-8(7-10(16)11-3-2-6-18-11)14-12(17)9-4-5-13-15-9/h2-6,8H,7H2,1H3,(H,13,15)(H,14,17)/t8-/m1/s1. The minimum atomic E-state index is -0.251. The minimum Gasteiger partial charge on any atom is -0.348 e. The van der Waals surface area contributed by atoms with Crippen LogP contribution in [0.15, 0.2) is 29.8 Å². The molecule has 2 heterocycles. The second kappa shape index (κ2) is 5.59. The quantitative estimate of drug-likeness (QED) is 0.808. The molecule has 0 unspecified atom stereocenters. The van der Waals surface area contributed by atoms with Crippen molar-refractivity contribution in [2.24, 2.45) is 0 Å². The lowest BCUT2D eigenvalue weighted by Gasteiger charge is -2.11. The summed E-state index contributed by atoms with van der Waals surface area (Å²) >= 11 is 1.41. The van der Waals surface area contributed by atoms with Crippen LogP contribution in [-0.2, 0) is 0 Å². The van der Waals surface area contributed by atoms with Gasteiger partial charge in [-0.15, -0.1) is 11.3 Å². The highest BCUT2D eigenvalue weighted by molar-refractivity contribution is 7.12. The molecule has 0 radical (unpaired) electrons. The van der Waals surface area contributed by atoms with Crippen LogP contribution in [0.4, 0.5) is 0 Å². The summed E-state index contributed by atoms with van der Waals surface area (Å²) in [6, 6.07) is 5.00. The van der Waals surface area contributed by atoms with Crippen molar-refractivity contribution in [1.82, 2.24) is 15.5 Å². The van der Waals surface area contributed by atoms with Crippen molar-refractivity contribution in [3.05, 3.63) is 40.3 Å². The molecule has 6 heteroatoms. The molecule has 0 saturated heterocycles. The number of ketones is 1. The van der Waals surface area contributed by atoms with Crippen molar-refractivity contribution < 1.29 is 9.59 Å². The maximum Gasteiger partial charge on any atom is 0.269 e. The van der Waals surface area contributed by atoms with Crippen LogP contribution in [0, 0.1) is 0 Å². The van der Waals surface area contributed by atoms with E-state index in [1.165, 1.54) is 17.5 Å². The highest BCUT2D eigenvalue weighted by atomic mass is 32.1. The lowest BCUT2D eigenvalue weighted by Crippen LogP contribution is -2.34. The van der Waals surface area contributed by atoms with E-state index in [1.807, 2.05) is 11.4 Å². The highest BCUT2D eigenvalue weighted by Crippen LogP contribution is 2.12. The number of Topliss-reactive ketones (excluding diaryl/α,β-unsaturated/α-hetero) is 1. The topological polar surface area (TPSA) is 74.8 Å². The third-order valence-electron chi connectivity index (χ3n) is 2.41. The number of aromatic amines is 1. The van der Waals surface area contributed by atoms with Crippen molar-refractivity contribution in [2.75, 3.05) is 0 Å². The zero-order valence-electron chi connectivity index (χ0n) is 9.84. The van der Waals surface area contributed by atoms with Gasteiger partial charge < -0.3 is 5.32 Å². The van der Waals surface area contributed by atoms with Gasteiger partial charge in [-0.1, -0.05) is 6.07 Å². The monoisotopic (exact) mass is 263 g/mol. The number of carbonyl (C=O) groups is 2. The molecule has 5 nitrogen and oxygen atoms in total. The summed E-state index contributed by atoms with van der Waals surface area (Å²) in [6.07, 6.45) is 1.80. The molecule has 0 aromatic carbocycles. The molecule has 2 rings (SSSR count). The Bertz CT molecular complexity index is 471. The molecule has 2 N–H and O–H groups in total. The second-order valence-electron chi connectivity index (χ2n) is 3.95. The van der Waals surface area contributed by atoms with E-state index in [-0.39, 0.29) is 17.7 Å². The van der Waals surface area contributed by atoms with E-state index in [1.54, 1.807) is 19.1 Å². The van der Waals surface area contributed by atoms with Gasteiger partial charge in [0, 0.05) is 18.7 Å². The molecule has 1 atom stereocenters. The van der Waals surface area contributed by atoms with Crippen molar-refractivity contribution in [3.8, 4) is 0 Å². The first-order chi connectivity index (χ1) is 8.66. The molecule has 18 heavy (non-hydrogen) atoms. The lowest BCUT2D eigenvalue weighted by molar-refractivity contribution is 0.0915. The van der Waals surface area contributed by atoms with Crippen molar-refractivity contribution in [3.63, 3.8) is 0 Å². The van der Waals surface area contributed by atoms with Gasteiger partial charge in [0.1, 0.15) is 5.69 Å². The number of hydrogen-bond acceptors (Lipinski definition) is 4. The van der Waals surface area contributed by atoms with Crippen LogP contribution >= 0.6 is 11.3 Å². The van der Waals surface area contributed by atoms with Crippen LogP contribution in [0.5, 0.6) is 0 Å². The fourth-order valence-electron chi connectivity index (χ4n) is 1.55. The molecule has 0 bridgehead atoms. The van der Waals surface area contributed by atoms with E-state index in [2.05, 4.69) is 15.5 Å².